The van der Waals surface area contributed by atoms with Gasteiger partial charge < -0.3 is 4.74 Å². The van der Waals surface area contributed by atoms with E-state index in [1.807, 2.05) is 0 Å². The van der Waals surface area contributed by atoms with Crippen LogP contribution in [0.25, 0.3) is 0 Å². The SMILES string of the molecule is CCCCCCCCCCCCC(CC)COC(C)=O. The Hall–Kier alpha value is -0.530. The van der Waals surface area contributed by atoms with Crippen LogP contribution >= 0.6 is 0 Å². The molecule has 0 aliphatic heterocycles. The number of hydrogen-bond acceptors (Lipinski definition) is 2. The van der Waals surface area contributed by atoms with Crippen LogP contribution in [0.15, 0.2) is 0 Å². The van der Waals surface area contributed by atoms with Crippen LogP contribution in [0.3, 0.4) is 0 Å². The lowest BCUT2D eigenvalue weighted by atomic mass is 9.98. The van der Waals surface area contributed by atoms with Crippen LogP contribution in [-0.4, -0.2) is 12.6 Å². The van der Waals surface area contributed by atoms with Gasteiger partial charge in [-0.3, -0.25) is 4.79 Å². The van der Waals surface area contributed by atoms with Crippen LogP contribution in [0, 0.1) is 5.92 Å². The largest absolute Gasteiger partial charge is 0.466 e. The molecule has 0 fully saturated rings. The average Bonchev–Trinajstić information content (AvgIpc) is 2.44. The molecule has 0 bridgehead atoms. The van der Waals surface area contributed by atoms with E-state index in [-0.39, 0.29) is 5.97 Å². The Morgan fingerprint density at radius 1 is 0.850 bits per heavy atom. The van der Waals surface area contributed by atoms with Crippen molar-refractivity contribution in [3.8, 4) is 0 Å². The maximum atomic E-state index is 10.8. The quantitative estimate of drug-likeness (QED) is 0.294. The summed E-state index contributed by atoms with van der Waals surface area (Å²) in [7, 11) is 0. The number of esters is 1. The standard InChI is InChI=1S/C18H36O2/c1-4-6-7-8-9-10-11-12-13-14-15-18(5-2)16-20-17(3)19/h18H,4-16H2,1-3H3. The van der Waals surface area contributed by atoms with Gasteiger partial charge in [-0.05, 0) is 12.3 Å². The minimum absolute atomic E-state index is 0.147. The van der Waals surface area contributed by atoms with Gasteiger partial charge >= 0.3 is 5.97 Å². The third kappa shape index (κ3) is 13.9. The van der Waals surface area contributed by atoms with Crippen molar-refractivity contribution in [3.63, 3.8) is 0 Å². The van der Waals surface area contributed by atoms with Gasteiger partial charge in [-0.2, -0.15) is 0 Å². The maximum Gasteiger partial charge on any atom is 0.302 e. The molecule has 0 spiro atoms. The van der Waals surface area contributed by atoms with E-state index in [1.165, 1.54) is 77.6 Å². The molecule has 120 valence electrons. The first-order valence-electron chi connectivity index (χ1n) is 8.84. The topological polar surface area (TPSA) is 26.3 Å². The van der Waals surface area contributed by atoms with E-state index in [1.54, 1.807) is 0 Å². The second kappa shape index (κ2) is 14.9. The Kier molecular flexibility index (Phi) is 14.5. The van der Waals surface area contributed by atoms with E-state index in [2.05, 4.69) is 13.8 Å². The van der Waals surface area contributed by atoms with Crippen LogP contribution in [-0.2, 0) is 9.53 Å². The zero-order chi connectivity index (χ0) is 15.1. The molecule has 0 radical (unpaired) electrons. The van der Waals surface area contributed by atoms with Crippen LogP contribution in [0.5, 0.6) is 0 Å². The molecule has 0 aliphatic carbocycles. The monoisotopic (exact) mass is 284 g/mol. The van der Waals surface area contributed by atoms with E-state index in [9.17, 15) is 4.79 Å². The number of rotatable bonds is 14. The van der Waals surface area contributed by atoms with E-state index in [4.69, 9.17) is 4.74 Å². The second-order valence-electron chi connectivity index (χ2n) is 6.05. The van der Waals surface area contributed by atoms with Crippen LogP contribution in [0.4, 0.5) is 0 Å². The van der Waals surface area contributed by atoms with Gasteiger partial charge in [0, 0.05) is 6.92 Å². The summed E-state index contributed by atoms with van der Waals surface area (Å²) in [5, 5.41) is 0. The highest BCUT2D eigenvalue weighted by molar-refractivity contribution is 5.65. The minimum atomic E-state index is -0.147. The normalized spacial score (nSPS) is 12.3. The van der Waals surface area contributed by atoms with Crippen molar-refractivity contribution in [2.75, 3.05) is 6.61 Å². The Morgan fingerprint density at radius 3 is 1.80 bits per heavy atom. The van der Waals surface area contributed by atoms with Gasteiger partial charge in [0.1, 0.15) is 0 Å². The highest BCUT2D eigenvalue weighted by Gasteiger charge is 2.07. The summed E-state index contributed by atoms with van der Waals surface area (Å²) in [4.78, 5) is 10.8. The fraction of sp³-hybridized carbons (Fsp3) is 0.944. The molecule has 2 heteroatoms. The molecular formula is C18H36O2. The average molecular weight is 284 g/mol. The van der Waals surface area contributed by atoms with E-state index < -0.39 is 0 Å². The van der Waals surface area contributed by atoms with E-state index in [0.29, 0.717) is 12.5 Å². The molecule has 20 heavy (non-hydrogen) atoms. The molecule has 0 amide bonds. The molecule has 0 aromatic carbocycles. The fourth-order valence-electron chi connectivity index (χ4n) is 2.56. The lowest BCUT2D eigenvalue weighted by molar-refractivity contribution is -0.142. The third-order valence-corrected chi connectivity index (χ3v) is 4.07. The van der Waals surface area contributed by atoms with Crippen molar-refractivity contribution in [1.29, 1.82) is 0 Å². The van der Waals surface area contributed by atoms with Crippen molar-refractivity contribution in [2.45, 2.75) is 97.8 Å². The van der Waals surface area contributed by atoms with Gasteiger partial charge in [-0.1, -0.05) is 84.5 Å². The lowest BCUT2D eigenvalue weighted by Crippen LogP contribution is -2.11. The molecule has 0 aromatic rings. The lowest BCUT2D eigenvalue weighted by Gasteiger charge is -2.14. The predicted molar refractivity (Wildman–Crippen MR) is 86.9 cm³/mol. The first kappa shape index (κ1) is 19.5. The molecule has 0 aliphatic rings. The maximum absolute atomic E-state index is 10.8. The Labute approximate surface area is 126 Å². The van der Waals surface area contributed by atoms with Gasteiger partial charge in [0.2, 0.25) is 0 Å². The Bertz CT molecular complexity index is 213. The van der Waals surface area contributed by atoms with Crippen molar-refractivity contribution in [2.24, 2.45) is 5.92 Å². The molecule has 1 unspecified atom stereocenters. The zero-order valence-electron chi connectivity index (χ0n) is 14.1. The number of ether oxygens (including phenoxy) is 1. The summed E-state index contributed by atoms with van der Waals surface area (Å²) in [5.74, 6) is 0.416. The van der Waals surface area contributed by atoms with Gasteiger partial charge in [-0.25, -0.2) is 0 Å². The molecule has 0 N–H and O–H groups in total. The number of carbonyl (C=O) groups excluding carboxylic acids is 1. The number of unbranched alkanes of at least 4 members (excludes halogenated alkanes) is 9. The summed E-state index contributed by atoms with van der Waals surface area (Å²) < 4.78 is 5.10. The van der Waals surface area contributed by atoms with Crippen molar-refractivity contribution in [1.82, 2.24) is 0 Å². The summed E-state index contributed by atoms with van der Waals surface area (Å²) in [6.45, 7) is 6.56. The smallest absolute Gasteiger partial charge is 0.302 e. The summed E-state index contributed by atoms with van der Waals surface area (Å²) in [6.07, 6.45) is 16.1. The van der Waals surface area contributed by atoms with Gasteiger partial charge in [0.15, 0.2) is 0 Å². The molecule has 0 rings (SSSR count). The molecule has 2 nitrogen and oxygen atoms in total. The zero-order valence-corrected chi connectivity index (χ0v) is 14.1. The second-order valence-corrected chi connectivity index (χ2v) is 6.05. The summed E-state index contributed by atoms with van der Waals surface area (Å²) in [6, 6.07) is 0. The predicted octanol–water partition coefficient (Wildman–Crippen LogP) is 5.89. The third-order valence-electron chi connectivity index (χ3n) is 4.07. The Balaban J connectivity index is 3.26. The van der Waals surface area contributed by atoms with Gasteiger partial charge in [0.05, 0.1) is 6.61 Å². The number of carbonyl (C=O) groups is 1. The first-order valence-corrected chi connectivity index (χ1v) is 8.84. The minimum Gasteiger partial charge on any atom is -0.466 e. The number of hydrogen-bond donors (Lipinski definition) is 0. The first-order chi connectivity index (χ1) is 9.70. The van der Waals surface area contributed by atoms with Crippen LogP contribution < -0.4 is 0 Å². The summed E-state index contributed by atoms with van der Waals surface area (Å²) >= 11 is 0. The van der Waals surface area contributed by atoms with E-state index >= 15 is 0 Å². The molecule has 0 saturated heterocycles. The highest BCUT2D eigenvalue weighted by Crippen LogP contribution is 2.16. The van der Waals surface area contributed by atoms with Crippen LogP contribution in [0.2, 0.25) is 0 Å². The highest BCUT2D eigenvalue weighted by atomic mass is 16.5. The molecule has 0 saturated carbocycles. The van der Waals surface area contributed by atoms with Crippen LogP contribution in [0.1, 0.15) is 97.8 Å². The fourth-order valence-corrected chi connectivity index (χ4v) is 2.56. The van der Waals surface area contributed by atoms with Gasteiger partial charge in [-0.15, -0.1) is 0 Å². The van der Waals surface area contributed by atoms with Crippen molar-refractivity contribution in [3.05, 3.63) is 0 Å². The molecule has 0 aromatic heterocycles. The molecule has 0 heterocycles. The van der Waals surface area contributed by atoms with Gasteiger partial charge in [0.25, 0.3) is 0 Å². The van der Waals surface area contributed by atoms with E-state index in [0.717, 1.165) is 6.42 Å². The Morgan fingerprint density at radius 2 is 1.35 bits per heavy atom. The van der Waals surface area contributed by atoms with Crippen molar-refractivity contribution >= 4 is 5.97 Å². The molecular weight excluding hydrogens is 248 g/mol. The molecule has 1 atom stereocenters. The van der Waals surface area contributed by atoms with Crippen molar-refractivity contribution < 1.29 is 9.53 Å². The summed E-state index contributed by atoms with van der Waals surface area (Å²) in [5.41, 5.74) is 0.